The van der Waals surface area contributed by atoms with E-state index in [0.717, 1.165) is 0 Å². The van der Waals surface area contributed by atoms with Gasteiger partial charge in [-0.15, -0.1) is 0 Å². The Morgan fingerprint density at radius 3 is 2.62 bits per heavy atom. The van der Waals surface area contributed by atoms with Gasteiger partial charge in [0, 0.05) is 18.9 Å². The molecule has 2 aromatic rings. The van der Waals surface area contributed by atoms with Gasteiger partial charge in [-0.25, -0.2) is 15.0 Å². The van der Waals surface area contributed by atoms with Gasteiger partial charge in [0.2, 0.25) is 5.82 Å². The zero-order valence-corrected chi connectivity index (χ0v) is 13.0. The molecular weight excluding hydrogens is 310 g/mol. The molecule has 2 amide bonds. The minimum absolute atomic E-state index is 0.0402. The summed E-state index contributed by atoms with van der Waals surface area (Å²) < 4.78 is 0.695. The summed E-state index contributed by atoms with van der Waals surface area (Å²) in [6.07, 6.45) is 4.81. The van der Waals surface area contributed by atoms with Gasteiger partial charge in [-0.05, 0) is 19.2 Å². The monoisotopic (exact) mass is 323 g/mol. The molecule has 0 aliphatic carbocycles. The molecule has 7 nitrogen and oxygen atoms in total. The molecule has 0 aliphatic heterocycles. The summed E-state index contributed by atoms with van der Waals surface area (Å²) in [4.78, 5) is 35.9. The first kappa shape index (κ1) is 15.4. The number of rotatable bonds is 5. The Kier molecular flexibility index (Phi) is 5.23. The third kappa shape index (κ3) is 3.76. The van der Waals surface area contributed by atoms with Crippen molar-refractivity contribution in [1.29, 1.82) is 0 Å². The van der Waals surface area contributed by atoms with Crippen molar-refractivity contribution in [2.75, 3.05) is 18.1 Å². The highest BCUT2D eigenvalue weighted by molar-refractivity contribution is 8.00. The van der Waals surface area contributed by atoms with E-state index in [1.807, 2.05) is 13.2 Å². The molecular formula is C12H13N5O2S2. The number of hydrogen-bond donors (Lipinski definition) is 2. The van der Waals surface area contributed by atoms with Crippen molar-refractivity contribution >= 4 is 39.9 Å². The topological polar surface area (TPSA) is 96.9 Å². The van der Waals surface area contributed by atoms with Crippen LogP contribution in [0.15, 0.2) is 22.8 Å². The van der Waals surface area contributed by atoms with Gasteiger partial charge in [-0.3, -0.25) is 9.59 Å². The molecule has 9 heteroatoms. The first-order valence-corrected chi connectivity index (χ1v) is 8.11. The number of nitrogens with zero attached hydrogens (tertiary/aromatic N) is 3. The Morgan fingerprint density at radius 2 is 2.00 bits per heavy atom. The molecule has 2 heterocycles. The van der Waals surface area contributed by atoms with Gasteiger partial charge < -0.3 is 10.6 Å². The Labute approximate surface area is 129 Å². The van der Waals surface area contributed by atoms with Crippen molar-refractivity contribution in [3.05, 3.63) is 30.0 Å². The summed E-state index contributed by atoms with van der Waals surface area (Å²) >= 11 is 2.65. The zero-order valence-electron chi connectivity index (χ0n) is 11.4. The van der Waals surface area contributed by atoms with Crippen molar-refractivity contribution in [3.8, 4) is 0 Å². The summed E-state index contributed by atoms with van der Waals surface area (Å²) in [6, 6.07) is 1.62. The number of carbonyl (C=O) groups is 2. The van der Waals surface area contributed by atoms with Crippen molar-refractivity contribution < 1.29 is 9.59 Å². The van der Waals surface area contributed by atoms with E-state index in [-0.39, 0.29) is 17.4 Å². The minimum atomic E-state index is -0.475. The number of aromatic nitrogens is 3. The number of anilines is 1. The lowest BCUT2D eigenvalue weighted by Gasteiger charge is -2.04. The summed E-state index contributed by atoms with van der Waals surface area (Å²) in [5.74, 6) is -0.755. The van der Waals surface area contributed by atoms with Gasteiger partial charge in [0.1, 0.15) is 5.00 Å². The summed E-state index contributed by atoms with van der Waals surface area (Å²) in [7, 11) is 0. The molecule has 2 aromatic heterocycles. The normalized spacial score (nSPS) is 10.2. The lowest BCUT2D eigenvalue weighted by Crippen LogP contribution is -2.25. The maximum Gasteiger partial charge on any atom is 0.294 e. The van der Waals surface area contributed by atoms with E-state index < -0.39 is 5.91 Å². The van der Waals surface area contributed by atoms with E-state index in [0.29, 0.717) is 15.9 Å². The van der Waals surface area contributed by atoms with Crippen LogP contribution < -0.4 is 10.6 Å². The molecule has 0 saturated heterocycles. The summed E-state index contributed by atoms with van der Waals surface area (Å²) in [5, 5.41) is 5.70. The molecule has 110 valence electrons. The summed E-state index contributed by atoms with van der Waals surface area (Å²) in [6.45, 7) is 2.30. The average molecular weight is 323 g/mol. The molecule has 0 atom stereocenters. The smallest absolute Gasteiger partial charge is 0.294 e. The fraction of sp³-hybridized carbons (Fsp3) is 0.250. The Bertz CT molecular complexity index is 644. The third-order valence-corrected chi connectivity index (χ3v) is 4.29. The molecule has 2 rings (SSSR count). The van der Waals surface area contributed by atoms with Crippen LogP contribution in [0.3, 0.4) is 0 Å². The number of hydrogen-bond acceptors (Lipinski definition) is 7. The molecule has 0 aliphatic rings. The largest absolute Gasteiger partial charge is 0.351 e. The highest BCUT2D eigenvalue weighted by Gasteiger charge is 2.20. The van der Waals surface area contributed by atoms with Crippen LogP contribution in [0.1, 0.15) is 28.0 Å². The average Bonchev–Trinajstić information content (AvgIpc) is 2.91. The Balaban J connectivity index is 2.24. The second-order valence-corrected chi connectivity index (χ2v) is 5.80. The molecule has 0 fully saturated rings. The third-order valence-electron chi connectivity index (χ3n) is 2.33. The highest BCUT2D eigenvalue weighted by Crippen LogP contribution is 2.30. The van der Waals surface area contributed by atoms with Crippen LogP contribution in [0.5, 0.6) is 0 Å². The number of thioether (sulfide) groups is 1. The van der Waals surface area contributed by atoms with Crippen molar-refractivity contribution in [2.24, 2.45) is 0 Å². The molecule has 2 N–H and O–H groups in total. The number of nitrogens with one attached hydrogen (secondary N) is 2. The highest BCUT2D eigenvalue weighted by atomic mass is 32.2. The molecule has 0 saturated carbocycles. The van der Waals surface area contributed by atoms with Gasteiger partial charge in [0.05, 0.1) is 0 Å². The molecule has 0 bridgehead atoms. The SMILES string of the molecule is CCNC(=O)c1nc(SC)sc1NC(=O)c1ncccn1. The van der Waals surface area contributed by atoms with Crippen molar-refractivity contribution in [1.82, 2.24) is 20.3 Å². The van der Waals surface area contributed by atoms with Crippen LogP contribution in [0.4, 0.5) is 5.00 Å². The van der Waals surface area contributed by atoms with Crippen LogP contribution in [-0.2, 0) is 0 Å². The lowest BCUT2D eigenvalue weighted by atomic mass is 10.4. The first-order chi connectivity index (χ1) is 10.2. The fourth-order valence-electron chi connectivity index (χ4n) is 1.45. The standard InChI is InChI=1S/C12H13N5O2S2/c1-3-13-9(18)7-11(21-12(16-7)20-2)17-10(19)8-14-5-4-6-15-8/h4-6H,3H2,1-2H3,(H,13,18)(H,17,19). The van der Waals surface area contributed by atoms with Gasteiger partial charge in [0.25, 0.3) is 11.8 Å². The van der Waals surface area contributed by atoms with Gasteiger partial charge in [-0.2, -0.15) is 0 Å². The number of amides is 2. The Morgan fingerprint density at radius 1 is 1.29 bits per heavy atom. The van der Waals surface area contributed by atoms with Crippen molar-refractivity contribution in [2.45, 2.75) is 11.3 Å². The van der Waals surface area contributed by atoms with Gasteiger partial charge in [-0.1, -0.05) is 23.1 Å². The molecule has 0 radical (unpaired) electrons. The van der Waals surface area contributed by atoms with E-state index >= 15 is 0 Å². The molecule has 21 heavy (non-hydrogen) atoms. The fourth-order valence-corrected chi connectivity index (χ4v) is 2.90. The first-order valence-electron chi connectivity index (χ1n) is 6.07. The van der Waals surface area contributed by atoms with E-state index in [4.69, 9.17) is 0 Å². The lowest BCUT2D eigenvalue weighted by molar-refractivity contribution is 0.0952. The number of carbonyl (C=O) groups excluding carboxylic acids is 2. The maximum atomic E-state index is 12.0. The number of thiazole rings is 1. The van der Waals surface area contributed by atoms with E-state index in [9.17, 15) is 9.59 Å². The van der Waals surface area contributed by atoms with E-state index in [1.165, 1.54) is 35.5 Å². The van der Waals surface area contributed by atoms with Gasteiger partial charge >= 0.3 is 0 Å². The molecule has 0 aromatic carbocycles. The van der Waals surface area contributed by atoms with Crippen LogP contribution in [0, 0.1) is 0 Å². The zero-order chi connectivity index (χ0) is 15.2. The maximum absolute atomic E-state index is 12.0. The molecule has 0 unspecified atom stereocenters. The minimum Gasteiger partial charge on any atom is -0.351 e. The van der Waals surface area contributed by atoms with Crippen molar-refractivity contribution in [3.63, 3.8) is 0 Å². The Hall–Kier alpha value is -2.00. The molecule has 0 spiro atoms. The van der Waals surface area contributed by atoms with Crippen LogP contribution in [-0.4, -0.2) is 39.6 Å². The van der Waals surface area contributed by atoms with E-state index in [2.05, 4.69) is 25.6 Å². The van der Waals surface area contributed by atoms with Crippen LogP contribution in [0.25, 0.3) is 0 Å². The second kappa shape index (κ2) is 7.14. The van der Waals surface area contributed by atoms with Gasteiger partial charge in [0.15, 0.2) is 10.0 Å². The van der Waals surface area contributed by atoms with E-state index in [1.54, 1.807) is 6.07 Å². The van der Waals surface area contributed by atoms with Crippen LogP contribution >= 0.6 is 23.1 Å². The predicted octanol–water partition coefficient (Wildman–Crippen LogP) is 1.66. The quantitative estimate of drug-likeness (QED) is 0.812. The summed E-state index contributed by atoms with van der Waals surface area (Å²) in [5.41, 5.74) is 0.204. The second-order valence-electron chi connectivity index (χ2n) is 3.75. The predicted molar refractivity (Wildman–Crippen MR) is 81.9 cm³/mol. The van der Waals surface area contributed by atoms with Crippen LogP contribution in [0.2, 0.25) is 0 Å².